The van der Waals surface area contributed by atoms with Crippen molar-refractivity contribution >= 4 is 16.8 Å². The number of hydrogen-bond donors (Lipinski definition) is 1. The summed E-state index contributed by atoms with van der Waals surface area (Å²) in [5, 5.41) is 1.21. The second-order valence-electron chi connectivity index (χ2n) is 6.72. The van der Waals surface area contributed by atoms with Gasteiger partial charge in [0.2, 0.25) is 0 Å². The molecule has 4 rings (SSSR count). The van der Waals surface area contributed by atoms with Crippen molar-refractivity contribution in [2.45, 2.75) is 19.4 Å². The number of likely N-dealkylation sites (tertiary alicyclic amines) is 1. The molecule has 0 atom stereocenters. The zero-order valence-corrected chi connectivity index (χ0v) is 16.3. The standard InChI is InChI=1S/C18H24IN4O/c1-21-10-11-23(19-13-21)18(24)17-15(12-22-8-4-5-9-22)14-6-2-3-7-16(14)20-17/h2-3,6-7,20H,4-5,8-13H2,1H3/q-1. The maximum atomic E-state index is 13.2. The van der Waals surface area contributed by atoms with Crippen molar-refractivity contribution in [3.05, 3.63) is 35.5 Å². The van der Waals surface area contributed by atoms with Gasteiger partial charge < -0.3 is 0 Å². The van der Waals surface area contributed by atoms with Crippen LogP contribution in [0.2, 0.25) is 0 Å². The molecule has 2 aromatic rings. The molecule has 0 aliphatic carbocycles. The average molecular weight is 439 g/mol. The summed E-state index contributed by atoms with van der Waals surface area (Å²) in [7, 11) is 2.14. The maximum absolute atomic E-state index is 13.2. The normalized spacial score (nSPS) is 20.5. The molecular weight excluding hydrogens is 415 g/mol. The van der Waals surface area contributed by atoms with Crippen molar-refractivity contribution < 1.29 is 26.3 Å². The molecule has 0 spiro atoms. The van der Waals surface area contributed by atoms with Crippen molar-refractivity contribution in [3.63, 3.8) is 0 Å². The minimum absolute atomic E-state index is 0.210. The first-order chi connectivity index (χ1) is 11.7. The fourth-order valence-corrected chi connectivity index (χ4v) is 5.86. The molecule has 24 heavy (non-hydrogen) atoms. The molecule has 130 valence electrons. The molecule has 0 saturated carbocycles. The van der Waals surface area contributed by atoms with Gasteiger partial charge in [0.1, 0.15) is 0 Å². The Kier molecular flexibility index (Phi) is 4.78. The van der Waals surface area contributed by atoms with Crippen molar-refractivity contribution in [2.75, 3.05) is 37.8 Å². The van der Waals surface area contributed by atoms with Crippen LogP contribution in [0.3, 0.4) is 0 Å². The van der Waals surface area contributed by atoms with E-state index in [1.54, 1.807) is 0 Å². The van der Waals surface area contributed by atoms with Crippen LogP contribution in [0.4, 0.5) is 0 Å². The van der Waals surface area contributed by atoms with E-state index in [1.807, 2.05) is 6.07 Å². The molecule has 2 saturated heterocycles. The van der Waals surface area contributed by atoms with Crippen LogP contribution in [0.25, 0.3) is 10.9 Å². The molecule has 0 bridgehead atoms. The molecule has 1 aromatic heterocycles. The van der Waals surface area contributed by atoms with Gasteiger partial charge >= 0.3 is 154 Å². The van der Waals surface area contributed by atoms with Crippen LogP contribution in [-0.4, -0.2) is 61.6 Å². The van der Waals surface area contributed by atoms with Crippen molar-refractivity contribution in [1.29, 1.82) is 0 Å². The zero-order valence-electron chi connectivity index (χ0n) is 14.1. The molecule has 1 amide bonds. The van der Waals surface area contributed by atoms with Crippen molar-refractivity contribution in [3.8, 4) is 0 Å². The molecule has 2 aliphatic heterocycles. The van der Waals surface area contributed by atoms with E-state index in [9.17, 15) is 4.79 Å². The Labute approximate surface area is 153 Å². The Bertz CT molecular complexity index is 730. The number of alkyl halides is 1. The fourth-order valence-electron chi connectivity index (χ4n) is 3.52. The first-order valence-electron chi connectivity index (χ1n) is 8.64. The molecule has 3 heterocycles. The van der Waals surface area contributed by atoms with Crippen LogP contribution < -0.4 is 21.5 Å². The van der Waals surface area contributed by atoms with Crippen LogP contribution in [0.5, 0.6) is 0 Å². The molecule has 1 N–H and O–H groups in total. The molecule has 2 aliphatic rings. The number of halogens is 1. The predicted octanol–water partition coefficient (Wildman–Crippen LogP) is -0.887. The number of nitrogens with one attached hydrogen (secondary N) is 1. The molecule has 0 radical (unpaired) electrons. The fraction of sp³-hybridized carbons (Fsp3) is 0.500. The number of hydrogen-bond acceptors (Lipinski definition) is 3. The van der Waals surface area contributed by atoms with Gasteiger partial charge in [-0.1, -0.05) is 0 Å². The number of nitrogens with zero attached hydrogens (tertiary/aromatic N) is 3. The van der Waals surface area contributed by atoms with Gasteiger partial charge in [-0.25, -0.2) is 0 Å². The van der Waals surface area contributed by atoms with Crippen LogP contribution in [0.1, 0.15) is 28.9 Å². The summed E-state index contributed by atoms with van der Waals surface area (Å²) in [4.78, 5) is 21.4. The molecule has 5 nitrogen and oxygen atoms in total. The number of para-hydroxylation sites is 1. The van der Waals surface area contributed by atoms with E-state index in [0.29, 0.717) is 0 Å². The number of H-pyrrole nitrogens is 1. The van der Waals surface area contributed by atoms with Crippen LogP contribution >= 0.6 is 0 Å². The van der Waals surface area contributed by atoms with Crippen molar-refractivity contribution in [2.24, 2.45) is 0 Å². The number of likely N-dealkylation sites (N-methyl/N-ethyl adjacent to an activating group) is 1. The first kappa shape index (κ1) is 16.4. The predicted molar refractivity (Wildman–Crippen MR) is 91.3 cm³/mol. The number of carbonyl (C=O) groups is 1. The quantitative estimate of drug-likeness (QED) is 0.292. The second-order valence-corrected chi connectivity index (χ2v) is 9.25. The van der Waals surface area contributed by atoms with Crippen LogP contribution in [-0.2, 0) is 6.54 Å². The number of aromatic amines is 1. The van der Waals surface area contributed by atoms with E-state index in [4.69, 9.17) is 0 Å². The number of rotatable bonds is 3. The van der Waals surface area contributed by atoms with E-state index in [2.05, 4.69) is 43.1 Å². The summed E-state index contributed by atoms with van der Waals surface area (Å²) in [6, 6.07) is 8.34. The third-order valence-corrected chi connectivity index (χ3v) is 8.12. The third-order valence-electron chi connectivity index (χ3n) is 4.91. The average Bonchev–Trinajstić information content (AvgIpc) is 3.24. The Morgan fingerprint density at radius 1 is 1.17 bits per heavy atom. The molecule has 1 aromatic carbocycles. The monoisotopic (exact) mass is 439 g/mol. The number of amides is 1. The van der Waals surface area contributed by atoms with Gasteiger partial charge in [0.05, 0.1) is 0 Å². The summed E-state index contributed by atoms with van der Waals surface area (Å²) in [6.45, 7) is 5.02. The Balaban J connectivity index is 1.66. The topological polar surface area (TPSA) is 42.6 Å². The number of benzene rings is 1. The molecule has 0 unspecified atom stereocenters. The van der Waals surface area contributed by atoms with Gasteiger partial charge in [-0.05, 0) is 0 Å². The van der Waals surface area contributed by atoms with E-state index in [-0.39, 0.29) is 27.4 Å². The Morgan fingerprint density at radius 2 is 1.96 bits per heavy atom. The summed E-state index contributed by atoms with van der Waals surface area (Å²) < 4.78 is 3.17. The van der Waals surface area contributed by atoms with E-state index >= 15 is 0 Å². The Hall–Kier alpha value is -1.12. The number of aromatic nitrogens is 1. The minimum atomic E-state index is -0.240. The molecule has 2 fully saturated rings. The van der Waals surface area contributed by atoms with Gasteiger partial charge in [-0.15, -0.1) is 0 Å². The summed E-state index contributed by atoms with van der Waals surface area (Å²) in [5.74, 6) is 0.210. The van der Waals surface area contributed by atoms with Crippen molar-refractivity contribution in [1.82, 2.24) is 17.9 Å². The van der Waals surface area contributed by atoms with Gasteiger partial charge in [-0.2, -0.15) is 0 Å². The van der Waals surface area contributed by atoms with Crippen LogP contribution in [0, 0.1) is 0 Å². The van der Waals surface area contributed by atoms with Gasteiger partial charge in [0.15, 0.2) is 0 Å². The third kappa shape index (κ3) is 3.19. The SMILES string of the molecule is CN1CCN(C(=O)c2[nH]c3ccccc3c2CN2CCCC2)[I-]C1. The van der Waals surface area contributed by atoms with E-state index in [0.717, 1.165) is 48.5 Å². The van der Waals surface area contributed by atoms with E-state index in [1.165, 1.54) is 23.8 Å². The van der Waals surface area contributed by atoms with Gasteiger partial charge in [0.25, 0.3) is 0 Å². The number of carbonyl (C=O) groups excluding carboxylic acids is 1. The number of fused-ring (bicyclic) bond motifs is 1. The molecular formula is C18H24IN4O-. The van der Waals surface area contributed by atoms with E-state index < -0.39 is 0 Å². The first-order valence-corrected chi connectivity index (χ1v) is 11.1. The summed E-state index contributed by atoms with van der Waals surface area (Å²) in [5.41, 5.74) is 3.11. The zero-order chi connectivity index (χ0) is 16.5. The Morgan fingerprint density at radius 3 is 2.71 bits per heavy atom. The summed E-state index contributed by atoms with van der Waals surface area (Å²) in [6.07, 6.45) is 2.55. The summed E-state index contributed by atoms with van der Waals surface area (Å²) >= 11 is -0.240. The van der Waals surface area contributed by atoms with Gasteiger partial charge in [-0.3, -0.25) is 0 Å². The molecule has 6 heteroatoms. The second kappa shape index (κ2) is 7.01. The van der Waals surface area contributed by atoms with Crippen LogP contribution in [0.15, 0.2) is 24.3 Å². The van der Waals surface area contributed by atoms with Gasteiger partial charge in [0, 0.05) is 0 Å².